The Labute approximate surface area is 161 Å². The van der Waals surface area contributed by atoms with E-state index in [1.54, 1.807) is 0 Å². The van der Waals surface area contributed by atoms with Gasteiger partial charge in [0.2, 0.25) is 0 Å². The summed E-state index contributed by atoms with van der Waals surface area (Å²) in [7, 11) is 1.97. The van der Waals surface area contributed by atoms with Gasteiger partial charge < -0.3 is 5.32 Å². The van der Waals surface area contributed by atoms with Crippen LogP contribution in [0.4, 0.5) is 5.69 Å². The van der Waals surface area contributed by atoms with Gasteiger partial charge in [-0.3, -0.25) is 9.48 Å². The van der Waals surface area contributed by atoms with E-state index in [2.05, 4.69) is 43.3 Å². The minimum absolute atomic E-state index is 0.0861. The SMILES string of the molecule is Cc1nn(C)c(C)c1Cc1ccc(NC(=O)c2ccc(C(C)C)cc2)cc1. The third-order valence-corrected chi connectivity index (χ3v) is 5.09. The maximum absolute atomic E-state index is 12.4. The lowest BCUT2D eigenvalue weighted by atomic mass is 10.0. The van der Waals surface area contributed by atoms with Crippen molar-refractivity contribution in [2.24, 2.45) is 7.05 Å². The molecule has 1 heterocycles. The highest BCUT2D eigenvalue weighted by Crippen LogP contribution is 2.20. The first-order chi connectivity index (χ1) is 12.8. The summed E-state index contributed by atoms with van der Waals surface area (Å²) in [6.45, 7) is 8.42. The third kappa shape index (κ3) is 4.27. The van der Waals surface area contributed by atoms with Gasteiger partial charge in [-0.1, -0.05) is 38.1 Å². The third-order valence-electron chi connectivity index (χ3n) is 5.09. The summed E-state index contributed by atoms with van der Waals surface area (Å²) in [5, 5.41) is 7.44. The van der Waals surface area contributed by atoms with Crippen LogP contribution in [0, 0.1) is 13.8 Å². The van der Waals surface area contributed by atoms with E-state index < -0.39 is 0 Å². The Hall–Kier alpha value is -2.88. The molecule has 3 rings (SSSR count). The van der Waals surface area contributed by atoms with Crippen molar-refractivity contribution in [2.75, 3.05) is 5.32 Å². The van der Waals surface area contributed by atoms with Crippen LogP contribution in [-0.2, 0) is 13.5 Å². The molecule has 0 aliphatic heterocycles. The van der Waals surface area contributed by atoms with E-state index in [4.69, 9.17) is 0 Å². The summed E-state index contributed by atoms with van der Waals surface area (Å²) < 4.78 is 1.92. The molecule has 0 spiro atoms. The van der Waals surface area contributed by atoms with Crippen LogP contribution in [0.25, 0.3) is 0 Å². The topological polar surface area (TPSA) is 46.9 Å². The Morgan fingerprint density at radius 1 is 1.04 bits per heavy atom. The fraction of sp³-hybridized carbons (Fsp3) is 0.304. The second-order valence-electron chi connectivity index (χ2n) is 7.38. The van der Waals surface area contributed by atoms with Gasteiger partial charge in [-0.25, -0.2) is 0 Å². The van der Waals surface area contributed by atoms with Gasteiger partial charge in [0, 0.05) is 36.0 Å². The second-order valence-corrected chi connectivity index (χ2v) is 7.38. The van der Waals surface area contributed by atoms with Crippen molar-refractivity contribution in [1.82, 2.24) is 9.78 Å². The van der Waals surface area contributed by atoms with Gasteiger partial charge in [0.25, 0.3) is 5.91 Å². The Morgan fingerprint density at radius 2 is 1.67 bits per heavy atom. The van der Waals surface area contributed by atoms with Crippen molar-refractivity contribution in [3.63, 3.8) is 0 Å². The van der Waals surface area contributed by atoms with E-state index in [1.807, 2.05) is 55.1 Å². The van der Waals surface area contributed by atoms with E-state index in [9.17, 15) is 4.79 Å². The number of hydrogen-bond acceptors (Lipinski definition) is 2. The summed E-state index contributed by atoms with van der Waals surface area (Å²) in [6.07, 6.45) is 0.844. The molecule has 0 radical (unpaired) electrons. The van der Waals surface area contributed by atoms with Crippen molar-refractivity contribution in [1.29, 1.82) is 0 Å². The lowest BCUT2D eigenvalue weighted by Crippen LogP contribution is -2.11. The van der Waals surface area contributed by atoms with E-state index in [-0.39, 0.29) is 5.91 Å². The van der Waals surface area contributed by atoms with E-state index in [0.29, 0.717) is 11.5 Å². The van der Waals surface area contributed by atoms with Gasteiger partial charge in [0.1, 0.15) is 0 Å². The molecule has 0 bridgehead atoms. The van der Waals surface area contributed by atoms with Gasteiger partial charge in [-0.2, -0.15) is 5.10 Å². The normalized spacial score (nSPS) is 11.0. The van der Waals surface area contributed by atoms with Gasteiger partial charge in [0.15, 0.2) is 0 Å². The Kier molecular flexibility index (Phi) is 5.45. The van der Waals surface area contributed by atoms with Crippen LogP contribution in [0.5, 0.6) is 0 Å². The number of hydrogen-bond donors (Lipinski definition) is 1. The zero-order valence-electron chi connectivity index (χ0n) is 16.7. The molecule has 0 fully saturated rings. The first-order valence-corrected chi connectivity index (χ1v) is 9.34. The Balaban J connectivity index is 1.67. The maximum Gasteiger partial charge on any atom is 0.255 e. The second kappa shape index (κ2) is 7.78. The molecule has 0 saturated heterocycles. The van der Waals surface area contributed by atoms with E-state index >= 15 is 0 Å². The molecular weight excluding hydrogens is 334 g/mol. The van der Waals surface area contributed by atoms with Crippen LogP contribution in [0.15, 0.2) is 48.5 Å². The number of nitrogens with one attached hydrogen (secondary N) is 1. The fourth-order valence-electron chi connectivity index (χ4n) is 3.21. The molecule has 4 heteroatoms. The molecule has 27 heavy (non-hydrogen) atoms. The van der Waals surface area contributed by atoms with Crippen molar-refractivity contribution < 1.29 is 4.79 Å². The maximum atomic E-state index is 12.4. The number of amides is 1. The minimum Gasteiger partial charge on any atom is -0.322 e. The van der Waals surface area contributed by atoms with Crippen LogP contribution < -0.4 is 5.32 Å². The summed E-state index contributed by atoms with van der Waals surface area (Å²) in [4.78, 5) is 12.4. The molecule has 4 nitrogen and oxygen atoms in total. The van der Waals surface area contributed by atoms with Crippen LogP contribution in [0.3, 0.4) is 0 Å². The highest BCUT2D eigenvalue weighted by molar-refractivity contribution is 6.04. The molecule has 0 unspecified atom stereocenters. The number of anilines is 1. The van der Waals surface area contributed by atoms with E-state index in [0.717, 1.165) is 17.8 Å². The first kappa shape index (κ1) is 18.9. The predicted molar refractivity (Wildman–Crippen MR) is 110 cm³/mol. The predicted octanol–water partition coefficient (Wildman–Crippen LogP) is 5.00. The number of aryl methyl sites for hydroxylation is 2. The minimum atomic E-state index is -0.0861. The highest BCUT2D eigenvalue weighted by atomic mass is 16.1. The molecule has 0 aliphatic carbocycles. The molecule has 1 aromatic heterocycles. The van der Waals surface area contributed by atoms with Gasteiger partial charge in [-0.05, 0) is 55.2 Å². The monoisotopic (exact) mass is 361 g/mol. The van der Waals surface area contributed by atoms with Crippen molar-refractivity contribution in [3.8, 4) is 0 Å². The quantitative estimate of drug-likeness (QED) is 0.695. The molecule has 1 amide bonds. The van der Waals surface area contributed by atoms with Crippen LogP contribution in [0.2, 0.25) is 0 Å². The molecule has 1 N–H and O–H groups in total. The van der Waals surface area contributed by atoms with E-state index in [1.165, 1.54) is 22.4 Å². The Morgan fingerprint density at radius 3 is 2.19 bits per heavy atom. The first-order valence-electron chi connectivity index (χ1n) is 9.34. The average molecular weight is 361 g/mol. The van der Waals surface area contributed by atoms with Crippen LogP contribution >= 0.6 is 0 Å². The lowest BCUT2D eigenvalue weighted by molar-refractivity contribution is 0.102. The van der Waals surface area contributed by atoms with Crippen molar-refractivity contribution in [3.05, 3.63) is 82.2 Å². The molecule has 0 aliphatic rings. The van der Waals surface area contributed by atoms with Crippen LogP contribution in [-0.4, -0.2) is 15.7 Å². The lowest BCUT2D eigenvalue weighted by Gasteiger charge is -2.09. The smallest absolute Gasteiger partial charge is 0.255 e. The Bertz CT molecular complexity index is 935. The highest BCUT2D eigenvalue weighted by Gasteiger charge is 2.11. The molecule has 0 saturated carbocycles. The molecule has 0 atom stereocenters. The molecule has 3 aromatic rings. The molecular formula is C23H27N3O. The number of carbonyl (C=O) groups excluding carboxylic acids is 1. The van der Waals surface area contributed by atoms with Gasteiger partial charge >= 0.3 is 0 Å². The van der Waals surface area contributed by atoms with Crippen LogP contribution in [0.1, 0.15) is 58.2 Å². The van der Waals surface area contributed by atoms with Crippen molar-refractivity contribution in [2.45, 2.75) is 40.0 Å². The zero-order valence-corrected chi connectivity index (χ0v) is 16.7. The number of nitrogens with zero attached hydrogens (tertiary/aromatic N) is 2. The summed E-state index contributed by atoms with van der Waals surface area (Å²) >= 11 is 0. The zero-order chi connectivity index (χ0) is 19.6. The number of aromatic nitrogens is 2. The summed E-state index contributed by atoms with van der Waals surface area (Å²) in [5.41, 5.74) is 7.43. The number of benzene rings is 2. The summed E-state index contributed by atoms with van der Waals surface area (Å²) in [5.74, 6) is 0.374. The molecule has 140 valence electrons. The molecule has 2 aromatic carbocycles. The van der Waals surface area contributed by atoms with Crippen molar-refractivity contribution >= 4 is 11.6 Å². The average Bonchev–Trinajstić information content (AvgIpc) is 2.89. The fourth-order valence-corrected chi connectivity index (χ4v) is 3.21. The standard InChI is InChI=1S/C23H27N3O/c1-15(2)19-8-10-20(11-9-19)23(27)24-21-12-6-18(7-13-21)14-22-16(3)25-26(5)17(22)4/h6-13,15H,14H2,1-5H3,(H,24,27). The number of carbonyl (C=O) groups is 1. The number of rotatable bonds is 5. The summed E-state index contributed by atoms with van der Waals surface area (Å²) in [6, 6.07) is 15.8. The largest absolute Gasteiger partial charge is 0.322 e. The van der Waals surface area contributed by atoms with Gasteiger partial charge in [0.05, 0.1) is 5.69 Å². The van der Waals surface area contributed by atoms with Gasteiger partial charge in [-0.15, -0.1) is 0 Å².